The Kier molecular flexibility index (Phi) is 7.54. The molecule has 0 saturated carbocycles. The fourth-order valence-electron chi connectivity index (χ4n) is 5.52. The number of hydrogen-bond acceptors (Lipinski definition) is 5. The monoisotopic (exact) mass is 477 g/mol. The molecular formula is C28H39N5O2. The molecule has 2 N–H and O–H groups in total. The Morgan fingerprint density at radius 1 is 1.17 bits per heavy atom. The minimum atomic E-state index is 0.00783. The zero-order valence-electron chi connectivity index (χ0n) is 21.2. The average Bonchev–Trinajstić information content (AvgIpc) is 3.40. The van der Waals surface area contributed by atoms with E-state index >= 15 is 0 Å². The van der Waals surface area contributed by atoms with Crippen LogP contribution in [0.25, 0.3) is 11.1 Å². The first-order chi connectivity index (χ1) is 17.1. The summed E-state index contributed by atoms with van der Waals surface area (Å²) in [6.45, 7) is 11.3. The Bertz CT molecular complexity index is 994. The molecule has 1 aromatic heterocycles. The molecule has 7 heteroatoms. The van der Waals surface area contributed by atoms with Crippen LogP contribution in [0.3, 0.4) is 0 Å². The van der Waals surface area contributed by atoms with Crippen molar-refractivity contribution in [2.24, 2.45) is 5.92 Å². The van der Waals surface area contributed by atoms with Gasteiger partial charge in [-0.15, -0.1) is 0 Å². The summed E-state index contributed by atoms with van der Waals surface area (Å²) in [5.74, 6) is 2.08. The first kappa shape index (κ1) is 24.1. The van der Waals surface area contributed by atoms with Crippen LogP contribution in [0.1, 0.15) is 49.8 Å². The fourth-order valence-corrected chi connectivity index (χ4v) is 5.52. The molecule has 2 amide bonds. The summed E-state index contributed by atoms with van der Waals surface area (Å²) in [6, 6.07) is 10.7. The summed E-state index contributed by atoms with van der Waals surface area (Å²) in [4.78, 5) is 22.3. The van der Waals surface area contributed by atoms with Gasteiger partial charge in [0.1, 0.15) is 5.82 Å². The Labute approximate surface area is 209 Å². The van der Waals surface area contributed by atoms with Gasteiger partial charge in [0.05, 0.1) is 13.2 Å². The van der Waals surface area contributed by atoms with Crippen molar-refractivity contribution in [3.05, 3.63) is 41.6 Å². The van der Waals surface area contributed by atoms with Crippen molar-refractivity contribution in [2.75, 3.05) is 62.7 Å². The number of aromatic nitrogens is 1. The number of carbonyl (C=O) groups is 1. The molecule has 0 radical (unpaired) electrons. The number of pyridine rings is 1. The first-order valence-electron chi connectivity index (χ1n) is 13.3. The van der Waals surface area contributed by atoms with E-state index in [1.165, 1.54) is 17.5 Å². The van der Waals surface area contributed by atoms with Crippen LogP contribution in [0.5, 0.6) is 0 Å². The van der Waals surface area contributed by atoms with Gasteiger partial charge in [0.15, 0.2) is 0 Å². The van der Waals surface area contributed by atoms with Crippen LogP contribution in [-0.2, 0) is 4.74 Å². The highest BCUT2D eigenvalue weighted by Crippen LogP contribution is 2.33. The molecule has 188 valence electrons. The second-order valence-corrected chi connectivity index (χ2v) is 10.3. The van der Waals surface area contributed by atoms with Crippen molar-refractivity contribution in [1.82, 2.24) is 15.2 Å². The number of morpholine rings is 1. The van der Waals surface area contributed by atoms with Crippen LogP contribution < -0.4 is 15.5 Å². The van der Waals surface area contributed by atoms with E-state index in [1.807, 2.05) is 11.0 Å². The van der Waals surface area contributed by atoms with Crippen LogP contribution in [0.2, 0.25) is 0 Å². The second-order valence-electron chi connectivity index (χ2n) is 10.3. The Hall–Kier alpha value is -2.64. The van der Waals surface area contributed by atoms with Crippen LogP contribution in [0.4, 0.5) is 16.3 Å². The third kappa shape index (κ3) is 5.62. The zero-order valence-corrected chi connectivity index (χ0v) is 21.2. The number of piperidine rings is 1. The highest BCUT2D eigenvalue weighted by molar-refractivity contribution is 5.90. The molecule has 7 nitrogen and oxygen atoms in total. The number of carbonyl (C=O) groups excluding carboxylic acids is 1. The molecule has 0 spiro atoms. The van der Waals surface area contributed by atoms with Crippen molar-refractivity contribution < 1.29 is 9.53 Å². The smallest absolute Gasteiger partial charge is 0.321 e. The van der Waals surface area contributed by atoms with Crippen LogP contribution in [0.15, 0.2) is 30.3 Å². The standard InChI is InChI=1S/C28H39N5O2/c1-3-21-8-10-33(19-21)28(34)30-24-7-6-20(2)25(17-24)23-15-26(22-5-4-9-29-18-22)31-27(16-23)32-11-13-35-14-12-32/h6-7,15-17,21-22,29H,3-5,8-14,18-19H2,1-2H3,(H,30,34)/t21-,22?/m1/s1. The van der Waals surface area contributed by atoms with Crippen molar-refractivity contribution in [3.63, 3.8) is 0 Å². The molecule has 1 unspecified atom stereocenters. The fraction of sp³-hybridized carbons (Fsp3) is 0.571. The summed E-state index contributed by atoms with van der Waals surface area (Å²) < 4.78 is 5.59. The summed E-state index contributed by atoms with van der Waals surface area (Å²) in [5.41, 5.74) is 5.52. The van der Waals surface area contributed by atoms with Crippen molar-refractivity contribution in [3.8, 4) is 11.1 Å². The number of urea groups is 1. The molecule has 35 heavy (non-hydrogen) atoms. The van der Waals surface area contributed by atoms with Crippen LogP contribution in [0, 0.1) is 12.8 Å². The molecule has 2 atom stereocenters. The first-order valence-corrected chi connectivity index (χ1v) is 13.3. The molecular weight excluding hydrogens is 438 g/mol. The lowest BCUT2D eigenvalue weighted by molar-refractivity contribution is 0.122. The van der Waals surface area contributed by atoms with Crippen molar-refractivity contribution in [2.45, 2.75) is 45.4 Å². The topological polar surface area (TPSA) is 69.7 Å². The van der Waals surface area contributed by atoms with Gasteiger partial charge in [-0.1, -0.05) is 19.4 Å². The third-order valence-corrected chi connectivity index (χ3v) is 7.83. The van der Waals surface area contributed by atoms with Gasteiger partial charge in [-0.3, -0.25) is 0 Å². The molecule has 3 aliphatic heterocycles. The number of ether oxygens (including phenoxy) is 1. The number of aryl methyl sites for hydroxylation is 1. The van der Waals surface area contributed by atoms with Crippen molar-refractivity contribution in [1.29, 1.82) is 0 Å². The maximum atomic E-state index is 12.9. The molecule has 4 heterocycles. The number of amides is 2. The summed E-state index contributed by atoms with van der Waals surface area (Å²) in [7, 11) is 0. The second kappa shape index (κ2) is 11.0. The molecule has 5 rings (SSSR count). The molecule has 1 aromatic carbocycles. The molecule has 3 saturated heterocycles. The number of nitrogens with zero attached hydrogens (tertiary/aromatic N) is 3. The normalized spacial score (nSPS) is 22.9. The maximum absolute atomic E-state index is 12.9. The quantitative estimate of drug-likeness (QED) is 0.657. The minimum Gasteiger partial charge on any atom is -0.378 e. The zero-order chi connectivity index (χ0) is 24.2. The largest absolute Gasteiger partial charge is 0.378 e. The van der Waals surface area contributed by atoms with E-state index in [1.54, 1.807) is 0 Å². The van der Waals surface area contributed by atoms with E-state index in [0.29, 0.717) is 11.8 Å². The lowest BCUT2D eigenvalue weighted by atomic mass is 9.92. The molecule has 0 bridgehead atoms. The maximum Gasteiger partial charge on any atom is 0.321 e. The number of nitrogens with one attached hydrogen (secondary N) is 2. The van der Waals surface area contributed by atoms with Gasteiger partial charge in [-0.25, -0.2) is 9.78 Å². The molecule has 2 aromatic rings. The average molecular weight is 478 g/mol. The number of hydrogen-bond donors (Lipinski definition) is 2. The van der Waals surface area contributed by atoms with E-state index in [0.717, 1.165) is 94.5 Å². The number of benzene rings is 1. The van der Waals surface area contributed by atoms with E-state index in [9.17, 15) is 4.79 Å². The Morgan fingerprint density at radius 2 is 2.03 bits per heavy atom. The van der Waals surface area contributed by atoms with E-state index in [2.05, 4.69) is 53.6 Å². The SMILES string of the molecule is CC[C@@H]1CCN(C(=O)Nc2ccc(C)c(-c3cc(C4CCCNC4)nc(N4CCOCC4)c3)c2)C1. The predicted octanol–water partition coefficient (Wildman–Crippen LogP) is 4.62. The highest BCUT2D eigenvalue weighted by atomic mass is 16.5. The van der Waals surface area contributed by atoms with E-state index < -0.39 is 0 Å². The van der Waals surface area contributed by atoms with Crippen LogP contribution >= 0.6 is 0 Å². The van der Waals surface area contributed by atoms with Gasteiger partial charge in [0, 0.05) is 50.0 Å². The molecule has 0 aliphatic carbocycles. The molecule has 3 aliphatic rings. The van der Waals surface area contributed by atoms with Gasteiger partial charge < -0.3 is 25.2 Å². The Morgan fingerprint density at radius 3 is 2.77 bits per heavy atom. The number of likely N-dealkylation sites (tertiary alicyclic amines) is 1. The summed E-state index contributed by atoms with van der Waals surface area (Å²) in [6.07, 6.45) is 4.57. The minimum absolute atomic E-state index is 0.00783. The summed E-state index contributed by atoms with van der Waals surface area (Å²) in [5, 5.41) is 6.70. The van der Waals surface area contributed by atoms with E-state index in [4.69, 9.17) is 9.72 Å². The van der Waals surface area contributed by atoms with Gasteiger partial charge in [0.2, 0.25) is 0 Å². The molecule has 3 fully saturated rings. The van der Waals surface area contributed by atoms with Gasteiger partial charge in [0.25, 0.3) is 0 Å². The van der Waals surface area contributed by atoms with Crippen molar-refractivity contribution >= 4 is 17.5 Å². The summed E-state index contributed by atoms with van der Waals surface area (Å²) >= 11 is 0. The van der Waals surface area contributed by atoms with Gasteiger partial charge >= 0.3 is 6.03 Å². The lowest BCUT2D eigenvalue weighted by Crippen LogP contribution is -2.37. The number of rotatable bonds is 5. The van der Waals surface area contributed by atoms with E-state index in [-0.39, 0.29) is 6.03 Å². The van der Waals surface area contributed by atoms with Gasteiger partial charge in [-0.05, 0) is 79.6 Å². The number of anilines is 2. The Balaban J connectivity index is 1.44. The third-order valence-electron chi connectivity index (χ3n) is 7.83. The van der Waals surface area contributed by atoms with Gasteiger partial charge in [-0.2, -0.15) is 0 Å². The highest BCUT2D eigenvalue weighted by Gasteiger charge is 2.25. The predicted molar refractivity (Wildman–Crippen MR) is 141 cm³/mol. The van der Waals surface area contributed by atoms with Crippen LogP contribution in [-0.4, -0.2) is 68.4 Å². The lowest BCUT2D eigenvalue weighted by Gasteiger charge is -2.30.